The predicted molar refractivity (Wildman–Crippen MR) is 39.3 cm³/mol. The number of nitrogens with zero attached hydrogens (tertiary/aromatic N) is 1. The topological polar surface area (TPSA) is 57.9 Å². The van der Waals surface area contributed by atoms with E-state index in [1.807, 2.05) is 0 Å². The molecule has 0 amide bonds. The highest BCUT2D eigenvalue weighted by molar-refractivity contribution is 7.93. The summed E-state index contributed by atoms with van der Waals surface area (Å²) in [6.07, 6.45) is 1.05. The van der Waals surface area contributed by atoms with Crippen molar-refractivity contribution in [2.75, 3.05) is 6.26 Å². The largest absolute Gasteiger partial charge is 0.229 e. The van der Waals surface area contributed by atoms with Crippen LogP contribution in [0.2, 0.25) is 0 Å². The van der Waals surface area contributed by atoms with Crippen molar-refractivity contribution < 1.29 is 8.42 Å². The standard InChI is InChI=1S/C5H8ClNO2S/c1-3-5(6,4-7)10(2,8)9/h3H2,1-2H3/t5-/m1/s1. The number of rotatable bonds is 2. The van der Waals surface area contributed by atoms with Crippen LogP contribution in [-0.2, 0) is 9.84 Å². The third-order valence-corrected chi connectivity index (χ3v) is 3.96. The van der Waals surface area contributed by atoms with E-state index >= 15 is 0 Å². The third kappa shape index (κ3) is 1.61. The molecule has 0 N–H and O–H groups in total. The van der Waals surface area contributed by atoms with Gasteiger partial charge in [-0.05, 0) is 6.42 Å². The molecule has 1 atom stereocenters. The molecule has 10 heavy (non-hydrogen) atoms. The average Bonchev–Trinajstić information content (AvgIpc) is 1.84. The lowest BCUT2D eigenvalue weighted by Gasteiger charge is -2.12. The molecule has 0 unspecified atom stereocenters. The van der Waals surface area contributed by atoms with Gasteiger partial charge in [-0.15, -0.1) is 0 Å². The molecule has 0 aromatic carbocycles. The van der Waals surface area contributed by atoms with E-state index in [2.05, 4.69) is 0 Å². The molecule has 0 aliphatic rings. The zero-order chi connectivity index (χ0) is 8.41. The van der Waals surface area contributed by atoms with Crippen LogP contribution in [-0.4, -0.2) is 18.9 Å². The Kier molecular flexibility index (Phi) is 2.69. The van der Waals surface area contributed by atoms with Crippen LogP contribution in [0.15, 0.2) is 0 Å². The highest BCUT2D eigenvalue weighted by Crippen LogP contribution is 2.24. The van der Waals surface area contributed by atoms with Crippen LogP contribution >= 0.6 is 11.6 Å². The number of nitriles is 1. The molecular weight excluding hydrogens is 174 g/mol. The Morgan fingerprint density at radius 3 is 2.10 bits per heavy atom. The summed E-state index contributed by atoms with van der Waals surface area (Å²) in [6.45, 7) is 1.55. The third-order valence-electron chi connectivity index (χ3n) is 1.21. The summed E-state index contributed by atoms with van der Waals surface area (Å²) in [5, 5.41) is 8.36. The van der Waals surface area contributed by atoms with E-state index in [1.54, 1.807) is 13.0 Å². The Bertz CT molecular complexity index is 253. The maximum atomic E-state index is 10.8. The number of halogens is 1. The number of hydrogen-bond acceptors (Lipinski definition) is 3. The molecule has 0 bridgehead atoms. The lowest BCUT2D eigenvalue weighted by Crippen LogP contribution is -2.28. The average molecular weight is 182 g/mol. The van der Waals surface area contributed by atoms with Crippen molar-refractivity contribution in [2.24, 2.45) is 0 Å². The molecule has 0 spiro atoms. The van der Waals surface area contributed by atoms with Crippen molar-refractivity contribution in [3.8, 4) is 6.07 Å². The van der Waals surface area contributed by atoms with Gasteiger partial charge in [-0.2, -0.15) is 5.26 Å². The molecule has 0 radical (unpaired) electrons. The van der Waals surface area contributed by atoms with Crippen LogP contribution in [0.4, 0.5) is 0 Å². The quantitative estimate of drug-likeness (QED) is 0.595. The Hall–Kier alpha value is -0.270. The molecule has 58 valence electrons. The maximum Gasteiger partial charge on any atom is 0.229 e. The molecule has 0 aliphatic carbocycles. The molecule has 3 nitrogen and oxygen atoms in total. The molecule has 0 rings (SSSR count). The van der Waals surface area contributed by atoms with E-state index in [9.17, 15) is 8.42 Å². The minimum Gasteiger partial charge on any atom is -0.226 e. The number of hydrogen-bond donors (Lipinski definition) is 0. The molecule has 0 aliphatic heterocycles. The van der Waals surface area contributed by atoms with Gasteiger partial charge in [-0.3, -0.25) is 0 Å². The van der Waals surface area contributed by atoms with E-state index in [0.29, 0.717) is 0 Å². The first-order valence-electron chi connectivity index (χ1n) is 2.67. The monoisotopic (exact) mass is 181 g/mol. The van der Waals surface area contributed by atoms with Crippen LogP contribution in [0.5, 0.6) is 0 Å². The highest BCUT2D eigenvalue weighted by atomic mass is 35.5. The van der Waals surface area contributed by atoms with E-state index in [4.69, 9.17) is 16.9 Å². The van der Waals surface area contributed by atoms with Gasteiger partial charge >= 0.3 is 0 Å². The smallest absolute Gasteiger partial charge is 0.226 e. The Labute approximate surface area is 65.5 Å². The lowest BCUT2D eigenvalue weighted by molar-refractivity contribution is 0.587. The SMILES string of the molecule is CC[C@](Cl)(C#N)S(C)(=O)=O. The Balaban J connectivity index is 4.92. The van der Waals surface area contributed by atoms with Gasteiger partial charge in [0.15, 0.2) is 9.84 Å². The summed E-state index contributed by atoms with van der Waals surface area (Å²) in [5.74, 6) is 0. The molecule has 0 saturated heterocycles. The van der Waals surface area contributed by atoms with Crippen LogP contribution in [0.25, 0.3) is 0 Å². The second-order valence-electron chi connectivity index (χ2n) is 1.97. The summed E-state index contributed by atoms with van der Waals surface area (Å²) >= 11 is 5.44. The summed E-state index contributed by atoms with van der Waals surface area (Å²) < 4.78 is 19.8. The number of sulfone groups is 1. The summed E-state index contributed by atoms with van der Waals surface area (Å²) in [5.41, 5.74) is 0. The molecule has 0 aromatic heterocycles. The van der Waals surface area contributed by atoms with Gasteiger partial charge in [0, 0.05) is 6.26 Å². The van der Waals surface area contributed by atoms with Crippen molar-refractivity contribution in [1.29, 1.82) is 5.26 Å². The molecular formula is C5H8ClNO2S. The Morgan fingerprint density at radius 1 is 1.70 bits per heavy atom. The Morgan fingerprint density at radius 2 is 2.10 bits per heavy atom. The molecule has 5 heteroatoms. The fourth-order valence-corrected chi connectivity index (χ4v) is 1.11. The van der Waals surface area contributed by atoms with Crippen molar-refractivity contribution >= 4 is 21.4 Å². The normalized spacial score (nSPS) is 17.4. The van der Waals surface area contributed by atoms with Crippen molar-refractivity contribution in [2.45, 2.75) is 17.6 Å². The summed E-state index contributed by atoms with van der Waals surface area (Å²) in [7, 11) is -3.46. The first-order chi connectivity index (χ1) is 4.37. The zero-order valence-corrected chi connectivity index (χ0v) is 7.33. The van der Waals surface area contributed by atoms with Gasteiger partial charge in [0.05, 0.1) is 0 Å². The van der Waals surface area contributed by atoms with Crippen molar-refractivity contribution in [1.82, 2.24) is 0 Å². The van der Waals surface area contributed by atoms with E-state index in [0.717, 1.165) is 6.26 Å². The molecule has 0 heterocycles. The predicted octanol–water partition coefficient (Wildman–Crippen LogP) is 0.900. The van der Waals surface area contributed by atoms with Crippen LogP contribution < -0.4 is 0 Å². The fourth-order valence-electron chi connectivity index (χ4n) is 0.424. The minimum atomic E-state index is -3.46. The van der Waals surface area contributed by atoms with Crippen LogP contribution in [0.3, 0.4) is 0 Å². The first-order valence-corrected chi connectivity index (χ1v) is 4.94. The van der Waals surface area contributed by atoms with Gasteiger partial charge in [-0.1, -0.05) is 18.5 Å². The van der Waals surface area contributed by atoms with Crippen LogP contribution in [0.1, 0.15) is 13.3 Å². The van der Waals surface area contributed by atoms with Gasteiger partial charge in [0.25, 0.3) is 0 Å². The minimum absolute atomic E-state index is 0.101. The van der Waals surface area contributed by atoms with Gasteiger partial charge in [0.1, 0.15) is 6.07 Å². The second-order valence-corrected chi connectivity index (χ2v) is 5.08. The molecule has 0 fully saturated rings. The molecule has 0 aromatic rings. The highest BCUT2D eigenvalue weighted by Gasteiger charge is 2.36. The zero-order valence-electron chi connectivity index (χ0n) is 5.76. The van der Waals surface area contributed by atoms with Gasteiger partial charge in [0.2, 0.25) is 4.21 Å². The van der Waals surface area contributed by atoms with Gasteiger partial charge in [-0.25, -0.2) is 8.42 Å². The lowest BCUT2D eigenvalue weighted by atomic mass is 10.3. The first kappa shape index (κ1) is 9.73. The van der Waals surface area contributed by atoms with E-state index in [1.165, 1.54) is 0 Å². The molecule has 0 saturated carbocycles. The van der Waals surface area contributed by atoms with Crippen molar-refractivity contribution in [3.05, 3.63) is 0 Å². The number of alkyl halides is 1. The maximum absolute atomic E-state index is 10.8. The second kappa shape index (κ2) is 2.77. The van der Waals surface area contributed by atoms with Crippen LogP contribution in [0, 0.1) is 11.3 Å². The van der Waals surface area contributed by atoms with Crippen molar-refractivity contribution in [3.63, 3.8) is 0 Å². The fraction of sp³-hybridized carbons (Fsp3) is 0.800. The van der Waals surface area contributed by atoms with E-state index in [-0.39, 0.29) is 6.42 Å². The van der Waals surface area contributed by atoms with E-state index < -0.39 is 14.0 Å². The van der Waals surface area contributed by atoms with Gasteiger partial charge < -0.3 is 0 Å². The summed E-state index contributed by atoms with van der Waals surface area (Å²) in [6, 6.07) is 1.55. The summed E-state index contributed by atoms with van der Waals surface area (Å²) in [4.78, 5) is 0.